The SMILES string of the molecule is COc1cc(C)ccc1OC1CCC(CO)(NC2CC2)C1. The third-order valence-electron chi connectivity index (χ3n) is 4.57. The maximum Gasteiger partial charge on any atom is 0.161 e. The van der Waals surface area contributed by atoms with Crippen molar-refractivity contribution in [1.82, 2.24) is 5.32 Å². The number of nitrogens with one attached hydrogen (secondary N) is 1. The second-order valence-corrected chi connectivity index (χ2v) is 6.49. The predicted molar refractivity (Wildman–Crippen MR) is 82.0 cm³/mol. The number of benzene rings is 1. The summed E-state index contributed by atoms with van der Waals surface area (Å²) in [6.45, 7) is 2.23. The molecule has 1 aromatic carbocycles. The van der Waals surface area contributed by atoms with Gasteiger partial charge in [-0.1, -0.05) is 6.07 Å². The van der Waals surface area contributed by atoms with Crippen LogP contribution in [0.2, 0.25) is 0 Å². The summed E-state index contributed by atoms with van der Waals surface area (Å²) in [6, 6.07) is 6.60. The van der Waals surface area contributed by atoms with Crippen LogP contribution in [0.1, 0.15) is 37.7 Å². The Kier molecular flexibility index (Phi) is 4.09. The monoisotopic (exact) mass is 291 g/mol. The van der Waals surface area contributed by atoms with Crippen LogP contribution in [-0.2, 0) is 0 Å². The van der Waals surface area contributed by atoms with Crippen molar-refractivity contribution in [3.63, 3.8) is 0 Å². The van der Waals surface area contributed by atoms with Crippen LogP contribution in [0.5, 0.6) is 11.5 Å². The van der Waals surface area contributed by atoms with Crippen molar-refractivity contribution < 1.29 is 14.6 Å². The molecule has 2 aliphatic carbocycles. The summed E-state index contributed by atoms with van der Waals surface area (Å²) >= 11 is 0. The number of hydrogen-bond acceptors (Lipinski definition) is 4. The molecule has 0 amide bonds. The molecule has 2 aliphatic rings. The summed E-state index contributed by atoms with van der Waals surface area (Å²) in [5.74, 6) is 1.58. The van der Waals surface area contributed by atoms with Gasteiger partial charge in [-0.25, -0.2) is 0 Å². The Balaban J connectivity index is 1.66. The fourth-order valence-electron chi connectivity index (χ4n) is 3.21. The summed E-state index contributed by atoms with van der Waals surface area (Å²) in [6.07, 6.45) is 5.41. The molecule has 2 fully saturated rings. The van der Waals surface area contributed by atoms with Crippen molar-refractivity contribution in [2.45, 2.75) is 56.7 Å². The molecule has 21 heavy (non-hydrogen) atoms. The Bertz CT molecular complexity index is 501. The van der Waals surface area contributed by atoms with Crippen molar-refractivity contribution in [1.29, 1.82) is 0 Å². The van der Waals surface area contributed by atoms with Crippen molar-refractivity contribution in [3.8, 4) is 11.5 Å². The summed E-state index contributed by atoms with van der Waals surface area (Å²) in [4.78, 5) is 0. The number of ether oxygens (including phenoxy) is 2. The zero-order chi connectivity index (χ0) is 14.9. The highest BCUT2D eigenvalue weighted by atomic mass is 16.5. The number of hydrogen-bond donors (Lipinski definition) is 2. The molecule has 3 rings (SSSR count). The smallest absolute Gasteiger partial charge is 0.161 e. The van der Waals surface area contributed by atoms with Gasteiger partial charge in [-0.2, -0.15) is 0 Å². The van der Waals surface area contributed by atoms with Gasteiger partial charge >= 0.3 is 0 Å². The minimum atomic E-state index is -0.149. The molecule has 0 spiro atoms. The van der Waals surface area contributed by atoms with Crippen molar-refractivity contribution >= 4 is 0 Å². The largest absolute Gasteiger partial charge is 0.493 e. The normalized spacial score (nSPS) is 28.6. The quantitative estimate of drug-likeness (QED) is 0.845. The number of aliphatic hydroxyl groups excluding tert-OH is 1. The van der Waals surface area contributed by atoms with E-state index in [-0.39, 0.29) is 18.2 Å². The topological polar surface area (TPSA) is 50.7 Å². The van der Waals surface area contributed by atoms with Crippen LogP contribution >= 0.6 is 0 Å². The second-order valence-electron chi connectivity index (χ2n) is 6.49. The van der Waals surface area contributed by atoms with E-state index in [1.807, 2.05) is 25.1 Å². The van der Waals surface area contributed by atoms with Crippen LogP contribution in [0.3, 0.4) is 0 Å². The average Bonchev–Trinajstić information content (AvgIpc) is 3.20. The molecule has 0 aromatic heterocycles. The van der Waals surface area contributed by atoms with Crippen LogP contribution in [0, 0.1) is 6.92 Å². The molecule has 0 heterocycles. The first kappa shape index (κ1) is 14.7. The Labute approximate surface area is 126 Å². The van der Waals surface area contributed by atoms with E-state index in [1.54, 1.807) is 7.11 Å². The van der Waals surface area contributed by atoms with E-state index in [0.717, 1.165) is 36.3 Å². The number of rotatable bonds is 6. The van der Waals surface area contributed by atoms with E-state index in [4.69, 9.17) is 9.47 Å². The summed E-state index contributed by atoms with van der Waals surface area (Å²) in [7, 11) is 1.67. The molecule has 2 N–H and O–H groups in total. The Hall–Kier alpha value is -1.26. The van der Waals surface area contributed by atoms with E-state index in [2.05, 4.69) is 5.32 Å². The highest BCUT2D eigenvalue weighted by Crippen LogP contribution is 2.37. The van der Waals surface area contributed by atoms with Crippen LogP contribution < -0.4 is 14.8 Å². The van der Waals surface area contributed by atoms with Crippen molar-refractivity contribution in [2.75, 3.05) is 13.7 Å². The molecule has 0 saturated heterocycles. The van der Waals surface area contributed by atoms with Gasteiger partial charge in [0.15, 0.2) is 11.5 Å². The molecule has 4 nitrogen and oxygen atoms in total. The summed E-state index contributed by atoms with van der Waals surface area (Å²) in [5.41, 5.74) is 1.01. The summed E-state index contributed by atoms with van der Waals surface area (Å²) < 4.78 is 11.5. The lowest BCUT2D eigenvalue weighted by Crippen LogP contribution is -2.48. The Morgan fingerprint density at radius 2 is 2.10 bits per heavy atom. The molecular formula is C17H25NO3. The first-order valence-corrected chi connectivity index (χ1v) is 7.84. The van der Waals surface area contributed by atoms with Gasteiger partial charge in [0.05, 0.1) is 13.7 Å². The zero-order valence-corrected chi connectivity index (χ0v) is 12.9. The Morgan fingerprint density at radius 1 is 1.29 bits per heavy atom. The first-order chi connectivity index (χ1) is 10.1. The van der Waals surface area contributed by atoms with Gasteiger partial charge in [-0.05, 0) is 50.3 Å². The van der Waals surface area contributed by atoms with E-state index in [1.165, 1.54) is 12.8 Å². The predicted octanol–water partition coefficient (Wildman–Crippen LogP) is 2.42. The summed E-state index contributed by atoms with van der Waals surface area (Å²) in [5, 5.41) is 13.4. The van der Waals surface area contributed by atoms with Gasteiger partial charge in [-0.15, -0.1) is 0 Å². The maximum atomic E-state index is 9.77. The third-order valence-corrected chi connectivity index (χ3v) is 4.57. The molecule has 2 unspecified atom stereocenters. The zero-order valence-electron chi connectivity index (χ0n) is 12.9. The highest BCUT2D eigenvalue weighted by Gasteiger charge is 2.43. The van der Waals surface area contributed by atoms with Gasteiger partial charge in [0.25, 0.3) is 0 Å². The lowest BCUT2D eigenvalue weighted by molar-refractivity contribution is 0.137. The van der Waals surface area contributed by atoms with Crippen LogP contribution in [0.15, 0.2) is 18.2 Å². The molecule has 4 heteroatoms. The van der Waals surface area contributed by atoms with Crippen LogP contribution in [0.4, 0.5) is 0 Å². The number of aryl methyl sites for hydroxylation is 1. The van der Waals surface area contributed by atoms with E-state index >= 15 is 0 Å². The minimum Gasteiger partial charge on any atom is -0.493 e. The highest BCUT2D eigenvalue weighted by molar-refractivity contribution is 5.42. The number of methoxy groups -OCH3 is 1. The van der Waals surface area contributed by atoms with E-state index in [9.17, 15) is 5.11 Å². The molecule has 0 radical (unpaired) electrons. The van der Waals surface area contributed by atoms with Gasteiger partial charge in [0, 0.05) is 18.0 Å². The van der Waals surface area contributed by atoms with Crippen molar-refractivity contribution in [2.24, 2.45) is 0 Å². The molecule has 0 bridgehead atoms. The number of aliphatic hydroxyl groups is 1. The molecule has 0 aliphatic heterocycles. The van der Waals surface area contributed by atoms with Gasteiger partial charge < -0.3 is 19.9 Å². The molecule has 2 saturated carbocycles. The van der Waals surface area contributed by atoms with Crippen LogP contribution in [-0.4, -0.2) is 36.5 Å². The third kappa shape index (κ3) is 3.33. The van der Waals surface area contributed by atoms with E-state index in [0.29, 0.717) is 6.04 Å². The van der Waals surface area contributed by atoms with Crippen LogP contribution in [0.25, 0.3) is 0 Å². The lowest BCUT2D eigenvalue weighted by Gasteiger charge is -2.28. The first-order valence-electron chi connectivity index (χ1n) is 7.84. The van der Waals surface area contributed by atoms with Crippen molar-refractivity contribution in [3.05, 3.63) is 23.8 Å². The fourth-order valence-corrected chi connectivity index (χ4v) is 3.21. The molecule has 116 valence electrons. The molecule has 1 aromatic rings. The minimum absolute atomic E-state index is 0.139. The second kappa shape index (κ2) is 5.85. The molecule has 2 atom stereocenters. The van der Waals surface area contributed by atoms with Gasteiger partial charge in [0.2, 0.25) is 0 Å². The van der Waals surface area contributed by atoms with E-state index < -0.39 is 0 Å². The Morgan fingerprint density at radius 3 is 2.76 bits per heavy atom. The fraction of sp³-hybridized carbons (Fsp3) is 0.647. The standard InChI is InChI=1S/C17H25NO3/c1-12-3-6-15(16(9-12)20-2)21-14-7-8-17(10-14,11-19)18-13-4-5-13/h3,6,9,13-14,18-19H,4-5,7-8,10-11H2,1-2H3. The average molecular weight is 291 g/mol. The van der Waals surface area contributed by atoms with Gasteiger partial charge in [-0.3, -0.25) is 0 Å². The maximum absolute atomic E-state index is 9.77. The lowest BCUT2D eigenvalue weighted by atomic mass is 9.98. The molecular weight excluding hydrogens is 266 g/mol. The van der Waals surface area contributed by atoms with Gasteiger partial charge in [0.1, 0.15) is 6.10 Å².